The average molecular weight is 345 g/mol. The summed E-state index contributed by atoms with van der Waals surface area (Å²) in [6.45, 7) is 11.0. The summed E-state index contributed by atoms with van der Waals surface area (Å²) in [6, 6.07) is 0. The van der Waals surface area contributed by atoms with Crippen LogP contribution in [0.4, 0.5) is 0 Å². The lowest BCUT2D eigenvalue weighted by Crippen LogP contribution is -2.43. The van der Waals surface area contributed by atoms with Gasteiger partial charge in [0.05, 0.1) is 12.2 Å². The molecule has 0 radical (unpaired) electrons. The Morgan fingerprint density at radius 1 is 0.833 bits per heavy atom. The summed E-state index contributed by atoms with van der Waals surface area (Å²) >= 11 is 0. The standard InChI is InChI=1S/C21H44O3/c1-17(2)10-7-11-18(3)12-8-13-19(4)14-9-15-21(5,23)20(16-22)24-6/h17-20,22-23H,7-16H2,1-6H3. The first-order valence-corrected chi connectivity index (χ1v) is 10.1. The smallest absolute Gasteiger partial charge is 0.108 e. The molecule has 0 bridgehead atoms. The summed E-state index contributed by atoms with van der Waals surface area (Å²) in [7, 11) is 1.54. The largest absolute Gasteiger partial charge is 0.394 e. The summed E-state index contributed by atoms with van der Waals surface area (Å²) in [5.74, 6) is 2.39. The van der Waals surface area contributed by atoms with Crippen molar-refractivity contribution in [2.24, 2.45) is 17.8 Å². The molecule has 0 aliphatic carbocycles. The maximum absolute atomic E-state index is 10.4. The first-order valence-electron chi connectivity index (χ1n) is 10.1. The molecule has 3 nitrogen and oxygen atoms in total. The zero-order chi connectivity index (χ0) is 18.6. The van der Waals surface area contributed by atoms with Gasteiger partial charge in [0.1, 0.15) is 6.10 Å². The molecule has 0 aromatic carbocycles. The van der Waals surface area contributed by atoms with Crippen molar-refractivity contribution in [2.75, 3.05) is 13.7 Å². The molecule has 0 rings (SSSR count). The lowest BCUT2D eigenvalue weighted by atomic mass is 9.88. The third-order valence-corrected chi connectivity index (χ3v) is 5.40. The van der Waals surface area contributed by atoms with Gasteiger partial charge in [-0.25, -0.2) is 0 Å². The molecule has 3 heteroatoms. The van der Waals surface area contributed by atoms with Crippen molar-refractivity contribution in [3.63, 3.8) is 0 Å². The molecular weight excluding hydrogens is 300 g/mol. The second-order valence-electron chi connectivity index (χ2n) is 8.62. The van der Waals surface area contributed by atoms with Gasteiger partial charge in [-0.3, -0.25) is 0 Å². The average Bonchev–Trinajstić information content (AvgIpc) is 2.47. The number of hydrogen-bond donors (Lipinski definition) is 2. The van der Waals surface area contributed by atoms with Crippen molar-refractivity contribution < 1.29 is 14.9 Å². The number of ether oxygens (including phenoxy) is 1. The molecule has 2 N–H and O–H groups in total. The van der Waals surface area contributed by atoms with E-state index in [-0.39, 0.29) is 6.61 Å². The fraction of sp³-hybridized carbons (Fsp3) is 1.00. The maximum Gasteiger partial charge on any atom is 0.108 e. The highest BCUT2D eigenvalue weighted by molar-refractivity contribution is 4.82. The van der Waals surface area contributed by atoms with E-state index in [2.05, 4.69) is 27.7 Å². The van der Waals surface area contributed by atoms with E-state index in [1.165, 1.54) is 38.5 Å². The normalized spacial score (nSPS) is 18.4. The van der Waals surface area contributed by atoms with Crippen molar-refractivity contribution in [3.8, 4) is 0 Å². The number of methoxy groups -OCH3 is 1. The first kappa shape index (κ1) is 23.9. The van der Waals surface area contributed by atoms with E-state index in [1.807, 2.05) is 0 Å². The van der Waals surface area contributed by atoms with Crippen molar-refractivity contribution in [1.82, 2.24) is 0 Å². The molecular formula is C21H44O3. The van der Waals surface area contributed by atoms with Crippen LogP contribution >= 0.6 is 0 Å². The van der Waals surface area contributed by atoms with Crippen LogP contribution in [0.1, 0.15) is 92.4 Å². The minimum Gasteiger partial charge on any atom is -0.394 e. The molecule has 146 valence electrons. The molecule has 0 aliphatic rings. The number of aliphatic hydroxyl groups excluding tert-OH is 1. The van der Waals surface area contributed by atoms with E-state index >= 15 is 0 Å². The Morgan fingerprint density at radius 2 is 1.29 bits per heavy atom. The Balaban J connectivity index is 3.78. The van der Waals surface area contributed by atoms with Crippen molar-refractivity contribution >= 4 is 0 Å². The molecule has 0 saturated carbocycles. The van der Waals surface area contributed by atoms with E-state index in [0.29, 0.717) is 12.3 Å². The van der Waals surface area contributed by atoms with E-state index in [9.17, 15) is 10.2 Å². The monoisotopic (exact) mass is 344 g/mol. The predicted octanol–water partition coefficient (Wildman–Crippen LogP) is 5.18. The highest BCUT2D eigenvalue weighted by Crippen LogP contribution is 2.25. The first-order chi connectivity index (χ1) is 11.2. The summed E-state index contributed by atoms with van der Waals surface area (Å²) in [6.07, 6.45) is 10.4. The van der Waals surface area contributed by atoms with Crippen LogP contribution in [0.25, 0.3) is 0 Å². The van der Waals surface area contributed by atoms with Crippen molar-refractivity contribution in [2.45, 2.75) is 104 Å². The van der Waals surface area contributed by atoms with Gasteiger partial charge >= 0.3 is 0 Å². The van der Waals surface area contributed by atoms with Crippen molar-refractivity contribution in [1.29, 1.82) is 0 Å². The number of aliphatic hydroxyl groups is 2. The van der Waals surface area contributed by atoms with Crippen LogP contribution in [0.15, 0.2) is 0 Å². The molecule has 0 saturated heterocycles. The van der Waals surface area contributed by atoms with Crippen LogP contribution in [0.2, 0.25) is 0 Å². The quantitative estimate of drug-likeness (QED) is 0.430. The molecule has 0 heterocycles. The van der Waals surface area contributed by atoms with Gasteiger partial charge < -0.3 is 14.9 Å². The van der Waals surface area contributed by atoms with Crippen LogP contribution in [-0.2, 0) is 4.74 Å². The second kappa shape index (κ2) is 13.1. The molecule has 0 aromatic heterocycles. The molecule has 0 fully saturated rings. The summed E-state index contributed by atoms with van der Waals surface area (Å²) in [5.41, 5.74) is -0.936. The molecule has 0 spiro atoms. The Kier molecular flexibility index (Phi) is 13.1. The predicted molar refractivity (Wildman–Crippen MR) is 103 cm³/mol. The fourth-order valence-electron chi connectivity index (χ4n) is 3.47. The number of hydrogen-bond acceptors (Lipinski definition) is 3. The zero-order valence-electron chi connectivity index (χ0n) is 17.2. The van der Waals surface area contributed by atoms with Crippen LogP contribution in [0.3, 0.4) is 0 Å². The number of rotatable bonds is 15. The van der Waals surface area contributed by atoms with Gasteiger partial charge in [-0.15, -0.1) is 0 Å². The topological polar surface area (TPSA) is 49.7 Å². The third-order valence-electron chi connectivity index (χ3n) is 5.40. The van der Waals surface area contributed by atoms with Gasteiger partial charge in [0.25, 0.3) is 0 Å². The molecule has 4 unspecified atom stereocenters. The molecule has 4 atom stereocenters. The van der Waals surface area contributed by atoms with Crippen LogP contribution in [-0.4, -0.2) is 35.6 Å². The van der Waals surface area contributed by atoms with Crippen LogP contribution < -0.4 is 0 Å². The second-order valence-corrected chi connectivity index (χ2v) is 8.62. The van der Waals surface area contributed by atoms with Gasteiger partial charge in [-0.1, -0.05) is 79.1 Å². The van der Waals surface area contributed by atoms with Gasteiger partial charge in [0, 0.05) is 7.11 Å². The fourth-order valence-corrected chi connectivity index (χ4v) is 3.47. The van der Waals surface area contributed by atoms with E-state index in [4.69, 9.17) is 4.74 Å². The summed E-state index contributed by atoms with van der Waals surface area (Å²) in [4.78, 5) is 0. The zero-order valence-corrected chi connectivity index (χ0v) is 17.2. The highest BCUT2D eigenvalue weighted by Gasteiger charge is 2.30. The lowest BCUT2D eigenvalue weighted by molar-refractivity contribution is -0.107. The van der Waals surface area contributed by atoms with E-state index in [0.717, 1.165) is 24.7 Å². The Morgan fingerprint density at radius 3 is 1.71 bits per heavy atom. The molecule has 0 aromatic rings. The van der Waals surface area contributed by atoms with Gasteiger partial charge in [-0.05, 0) is 31.1 Å². The summed E-state index contributed by atoms with van der Waals surface area (Å²) in [5, 5.41) is 19.6. The minimum atomic E-state index is -0.936. The summed E-state index contributed by atoms with van der Waals surface area (Å²) < 4.78 is 5.16. The maximum atomic E-state index is 10.4. The Labute approximate surface area is 151 Å². The molecule has 24 heavy (non-hydrogen) atoms. The van der Waals surface area contributed by atoms with E-state index < -0.39 is 11.7 Å². The van der Waals surface area contributed by atoms with E-state index in [1.54, 1.807) is 14.0 Å². The van der Waals surface area contributed by atoms with Gasteiger partial charge in [0.2, 0.25) is 0 Å². The molecule has 0 aliphatic heterocycles. The Hall–Kier alpha value is -0.120. The molecule has 0 amide bonds. The van der Waals surface area contributed by atoms with Gasteiger partial charge in [0.15, 0.2) is 0 Å². The minimum absolute atomic E-state index is 0.131. The van der Waals surface area contributed by atoms with Crippen LogP contribution in [0, 0.1) is 17.8 Å². The SMILES string of the molecule is COC(CO)C(C)(O)CCCC(C)CCCC(C)CCCC(C)C. The Bertz CT molecular complexity index is 285. The lowest BCUT2D eigenvalue weighted by Gasteiger charge is -2.30. The third kappa shape index (κ3) is 11.4. The van der Waals surface area contributed by atoms with Crippen LogP contribution in [0.5, 0.6) is 0 Å². The van der Waals surface area contributed by atoms with Crippen molar-refractivity contribution in [3.05, 3.63) is 0 Å². The highest BCUT2D eigenvalue weighted by atomic mass is 16.5. The van der Waals surface area contributed by atoms with Gasteiger partial charge in [-0.2, -0.15) is 0 Å².